The van der Waals surface area contributed by atoms with Crippen molar-refractivity contribution in [2.45, 2.75) is 59.2 Å². The van der Waals surface area contributed by atoms with Crippen LogP contribution in [-0.2, 0) is 9.53 Å². The summed E-state index contributed by atoms with van der Waals surface area (Å²) < 4.78 is 5.50. The molecule has 1 aromatic rings. The highest BCUT2D eigenvalue weighted by Crippen LogP contribution is 2.17. The lowest BCUT2D eigenvalue weighted by Crippen LogP contribution is -2.45. The van der Waals surface area contributed by atoms with E-state index in [1.54, 1.807) is 0 Å². The molecule has 0 aliphatic carbocycles. The normalized spacial score (nSPS) is 14.9. The van der Waals surface area contributed by atoms with Gasteiger partial charge >= 0.3 is 5.97 Å². The molecule has 0 bridgehead atoms. The molecule has 0 radical (unpaired) electrons. The molecule has 112 valence electrons. The van der Waals surface area contributed by atoms with Gasteiger partial charge in [0.25, 0.3) is 0 Å². The summed E-state index contributed by atoms with van der Waals surface area (Å²) in [5, 5.41) is 3.38. The summed E-state index contributed by atoms with van der Waals surface area (Å²) in [4.78, 5) is 12.3. The number of benzene rings is 1. The Bertz CT molecular complexity index is 420. The van der Waals surface area contributed by atoms with Gasteiger partial charge in [-0.1, -0.05) is 44.2 Å². The molecular formula is C17H27NO2. The Morgan fingerprint density at radius 3 is 2.10 bits per heavy atom. The first-order valence-electron chi connectivity index (χ1n) is 7.24. The van der Waals surface area contributed by atoms with E-state index in [-0.39, 0.29) is 24.0 Å². The SMILES string of the molecule is CC(N[C@H](C(=O)OC(C)(C)C)C(C)C)c1ccccc1. The van der Waals surface area contributed by atoms with Crippen LogP contribution < -0.4 is 5.32 Å². The van der Waals surface area contributed by atoms with E-state index in [0.717, 1.165) is 0 Å². The van der Waals surface area contributed by atoms with Crippen molar-refractivity contribution < 1.29 is 9.53 Å². The third-order valence-electron chi connectivity index (χ3n) is 3.06. The monoisotopic (exact) mass is 277 g/mol. The Morgan fingerprint density at radius 1 is 1.10 bits per heavy atom. The molecule has 1 rings (SSSR count). The van der Waals surface area contributed by atoms with Crippen molar-refractivity contribution in [1.82, 2.24) is 5.32 Å². The Hall–Kier alpha value is -1.35. The highest BCUT2D eigenvalue weighted by Gasteiger charge is 2.28. The van der Waals surface area contributed by atoms with Crippen LogP contribution in [0.3, 0.4) is 0 Å². The number of carbonyl (C=O) groups is 1. The van der Waals surface area contributed by atoms with E-state index in [1.807, 2.05) is 52.8 Å². The molecule has 0 saturated heterocycles. The summed E-state index contributed by atoms with van der Waals surface area (Å²) in [7, 11) is 0. The van der Waals surface area contributed by atoms with Gasteiger partial charge < -0.3 is 4.74 Å². The second kappa shape index (κ2) is 6.89. The van der Waals surface area contributed by atoms with Crippen LogP contribution in [0.4, 0.5) is 0 Å². The highest BCUT2D eigenvalue weighted by atomic mass is 16.6. The van der Waals surface area contributed by atoms with Crippen LogP contribution in [-0.4, -0.2) is 17.6 Å². The number of rotatable bonds is 5. The molecule has 1 unspecified atom stereocenters. The Balaban J connectivity index is 2.75. The smallest absolute Gasteiger partial charge is 0.323 e. The lowest BCUT2D eigenvalue weighted by atomic mass is 10.0. The molecule has 0 aliphatic rings. The maximum Gasteiger partial charge on any atom is 0.323 e. The van der Waals surface area contributed by atoms with Gasteiger partial charge in [-0.2, -0.15) is 0 Å². The standard InChI is InChI=1S/C17H27NO2/c1-12(2)15(16(19)20-17(4,5)6)18-13(3)14-10-8-7-9-11-14/h7-13,15,18H,1-6H3/t13?,15-/m0/s1. The van der Waals surface area contributed by atoms with E-state index in [0.29, 0.717) is 0 Å². The van der Waals surface area contributed by atoms with E-state index in [1.165, 1.54) is 5.56 Å². The molecule has 0 fully saturated rings. The van der Waals surface area contributed by atoms with Crippen molar-refractivity contribution in [2.75, 3.05) is 0 Å². The minimum absolute atomic E-state index is 0.108. The first-order chi connectivity index (χ1) is 9.20. The number of carbonyl (C=O) groups excluding carboxylic acids is 1. The van der Waals surface area contributed by atoms with Gasteiger partial charge in [0.1, 0.15) is 11.6 Å². The third kappa shape index (κ3) is 5.33. The van der Waals surface area contributed by atoms with E-state index >= 15 is 0 Å². The molecule has 3 heteroatoms. The maximum atomic E-state index is 12.3. The lowest BCUT2D eigenvalue weighted by molar-refractivity contribution is -0.159. The first kappa shape index (κ1) is 16.7. The molecule has 20 heavy (non-hydrogen) atoms. The average Bonchev–Trinajstić information content (AvgIpc) is 2.34. The summed E-state index contributed by atoms with van der Waals surface area (Å²) in [6.07, 6.45) is 0. The van der Waals surface area contributed by atoms with Crippen molar-refractivity contribution in [2.24, 2.45) is 5.92 Å². The second-order valence-electron chi connectivity index (χ2n) is 6.55. The highest BCUT2D eigenvalue weighted by molar-refractivity contribution is 5.76. The number of ether oxygens (including phenoxy) is 1. The summed E-state index contributed by atoms with van der Waals surface area (Å²) in [6, 6.07) is 9.93. The fourth-order valence-corrected chi connectivity index (χ4v) is 2.01. The molecule has 1 N–H and O–H groups in total. The Kier molecular flexibility index (Phi) is 5.75. The van der Waals surface area contributed by atoms with Crippen LogP contribution >= 0.6 is 0 Å². The van der Waals surface area contributed by atoms with Gasteiger partial charge in [0.05, 0.1) is 0 Å². The average molecular weight is 277 g/mol. The third-order valence-corrected chi connectivity index (χ3v) is 3.06. The molecular weight excluding hydrogens is 250 g/mol. The lowest BCUT2D eigenvalue weighted by Gasteiger charge is -2.29. The predicted molar refractivity (Wildman–Crippen MR) is 82.5 cm³/mol. The van der Waals surface area contributed by atoms with Crippen molar-refractivity contribution in [1.29, 1.82) is 0 Å². The second-order valence-corrected chi connectivity index (χ2v) is 6.55. The molecule has 0 amide bonds. The zero-order valence-corrected chi connectivity index (χ0v) is 13.4. The molecule has 1 aromatic carbocycles. The van der Waals surface area contributed by atoms with E-state index in [2.05, 4.69) is 24.4 Å². The molecule has 0 aliphatic heterocycles. The van der Waals surface area contributed by atoms with Gasteiger partial charge in [-0.15, -0.1) is 0 Å². The summed E-state index contributed by atoms with van der Waals surface area (Å²) in [6.45, 7) is 11.8. The Labute approximate surface area is 122 Å². The molecule has 2 atom stereocenters. The summed E-state index contributed by atoms with van der Waals surface area (Å²) >= 11 is 0. The van der Waals surface area contributed by atoms with Crippen molar-refractivity contribution in [3.8, 4) is 0 Å². The van der Waals surface area contributed by atoms with Crippen LogP contribution in [0.5, 0.6) is 0 Å². The van der Waals surface area contributed by atoms with Crippen LogP contribution in [0, 0.1) is 5.92 Å². The largest absolute Gasteiger partial charge is 0.459 e. The molecule has 0 saturated carbocycles. The maximum absolute atomic E-state index is 12.3. The van der Waals surface area contributed by atoms with Gasteiger partial charge in [-0.3, -0.25) is 10.1 Å². The van der Waals surface area contributed by atoms with Crippen LogP contribution in [0.1, 0.15) is 53.1 Å². The number of nitrogens with one attached hydrogen (secondary N) is 1. The van der Waals surface area contributed by atoms with Crippen LogP contribution in [0.25, 0.3) is 0 Å². The number of hydrogen-bond acceptors (Lipinski definition) is 3. The van der Waals surface area contributed by atoms with Crippen LogP contribution in [0.15, 0.2) is 30.3 Å². The minimum Gasteiger partial charge on any atom is -0.459 e. The minimum atomic E-state index is -0.456. The van der Waals surface area contributed by atoms with Gasteiger partial charge in [-0.25, -0.2) is 0 Å². The van der Waals surface area contributed by atoms with Crippen molar-refractivity contribution in [3.05, 3.63) is 35.9 Å². The quantitative estimate of drug-likeness (QED) is 0.834. The van der Waals surface area contributed by atoms with Gasteiger partial charge in [0.15, 0.2) is 0 Å². The zero-order chi connectivity index (χ0) is 15.3. The van der Waals surface area contributed by atoms with E-state index in [4.69, 9.17) is 4.74 Å². The molecule has 0 aromatic heterocycles. The predicted octanol–water partition coefficient (Wildman–Crippen LogP) is 3.70. The number of hydrogen-bond donors (Lipinski definition) is 1. The van der Waals surface area contributed by atoms with E-state index < -0.39 is 5.60 Å². The molecule has 3 nitrogen and oxygen atoms in total. The summed E-state index contributed by atoms with van der Waals surface area (Å²) in [5.41, 5.74) is 0.712. The number of esters is 1. The molecule has 0 spiro atoms. The van der Waals surface area contributed by atoms with Gasteiger partial charge in [0.2, 0.25) is 0 Å². The van der Waals surface area contributed by atoms with Crippen molar-refractivity contribution >= 4 is 5.97 Å². The van der Waals surface area contributed by atoms with Crippen molar-refractivity contribution in [3.63, 3.8) is 0 Å². The van der Waals surface area contributed by atoms with Gasteiger partial charge in [-0.05, 0) is 39.2 Å². The zero-order valence-electron chi connectivity index (χ0n) is 13.4. The fourth-order valence-electron chi connectivity index (χ4n) is 2.01. The van der Waals surface area contributed by atoms with Crippen LogP contribution in [0.2, 0.25) is 0 Å². The molecule has 0 heterocycles. The fraction of sp³-hybridized carbons (Fsp3) is 0.588. The first-order valence-corrected chi connectivity index (χ1v) is 7.24. The van der Waals surface area contributed by atoms with E-state index in [9.17, 15) is 4.79 Å². The Morgan fingerprint density at radius 2 is 1.65 bits per heavy atom. The summed E-state index contributed by atoms with van der Waals surface area (Å²) in [5.74, 6) is -0.00806. The van der Waals surface area contributed by atoms with Gasteiger partial charge in [0, 0.05) is 6.04 Å². The topological polar surface area (TPSA) is 38.3 Å².